The summed E-state index contributed by atoms with van der Waals surface area (Å²) in [6.45, 7) is 7.25. The quantitative estimate of drug-likeness (QED) is 0.470. The number of aromatic nitrogens is 6. The molecule has 0 amide bonds. The van der Waals surface area contributed by atoms with Crippen molar-refractivity contribution in [1.29, 1.82) is 0 Å². The Balaban J connectivity index is 1.22. The standard InChI is InChI=1S/C26H29N7O/c1-17-11-20(32-10-9-25(2,16-32)19-7-5-4-6-8-19)13-33-23(17)27-24(29-33)26-12-18(15-34-26)22(26)21-14-31(3)30-28-21/h4-8,11,13-14,18,22H,9-10,12,15-16H2,1-3H3/t18?,22?,25-,26?/m0/s1. The second-order valence-electron chi connectivity index (χ2n) is 10.6. The van der Waals surface area contributed by atoms with Crippen molar-refractivity contribution >= 4 is 11.3 Å². The molecule has 4 fully saturated rings. The highest BCUT2D eigenvalue weighted by Gasteiger charge is 2.65. The zero-order chi connectivity index (χ0) is 23.1. The Morgan fingerprint density at radius 2 is 2.00 bits per heavy atom. The Kier molecular flexibility index (Phi) is 4.08. The van der Waals surface area contributed by atoms with E-state index >= 15 is 0 Å². The van der Waals surface area contributed by atoms with E-state index in [1.54, 1.807) is 4.68 Å². The van der Waals surface area contributed by atoms with Crippen molar-refractivity contribution in [2.45, 2.75) is 43.6 Å². The first kappa shape index (κ1) is 20.1. The van der Waals surface area contributed by atoms with Crippen LogP contribution >= 0.6 is 0 Å². The van der Waals surface area contributed by atoms with Gasteiger partial charge in [-0.2, -0.15) is 0 Å². The van der Waals surface area contributed by atoms with Gasteiger partial charge in [0.25, 0.3) is 0 Å². The first-order chi connectivity index (χ1) is 16.5. The predicted molar refractivity (Wildman–Crippen MR) is 128 cm³/mol. The van der Waals surface area contributed by atoms with Gasteiger partial charge >= 0.3 is 0 Å². The monoisotopic (exact) mass is 455 g/mol. The summed E-state index contributed by atoms with van der Waals surface area (Å²) in [7, 11) is 1.90. The molecule has 3 aliphatic heterocycles. The molecule has 34 heavy (non-hydrogen) atoms. The fourth-order valence-corrected chi connectivity index (χ4v) is 6.44. The van der Waals surface area contributed by atoms with Crippen molar-refractivity contribution in [2.75, 3.05) is 24.6 Å². The Morgan fingerprint density at radius 1 is 1.15 bits per heavy atom. The Labute approximate surface area is 198 Å². The molecule has 6 heterocycles. The molecule has 1 aromatic carbocycles. The maximum atomic E-state index is 6.33. The highest BCUT2D eigenvalue weighted by Crippen LogP contribution is 2.63. The van der Waals surface area contributed by atoms with E-state index in [2.05, 4.69) is 71.7 Å². The van der Waals surface area contributed by atoms with E-state index in [1.807, 2.05) is 17.8 Å². The Hall–Kier alpha value is -3.26. The number of pyridine rings is 1. The van der Waals surface area contributed by atoms with Crippen molar-refractivity contribution in [2.24, 2.45) is 13.0 Å². The van der Waals surface area contributed by atoms with Gasteiger partial charge in [-0.05, 0) is 42.9 Å². The molecule has 8 rings (SSSR count). The van der Waals surface area contributed by atoms with Crippen LogP contribution in [0.15, 0.2) is 48.8 Å². The molecule has 3 saturated heterocycles. The summed E-state index contributed by atoms with van der Waals surface area (Å²) in [6, 6.07) is 13.1. The Morgan fingerprint density at radius 3 is 2.76 bits per heavy atom. The SMILES string of the molecule is Cc1cc(N2CC[C@](C)(c3ccccc3)C2)cn2nc(C34CC(CO3)C4c3cn(C)nn3)nc12. The molecule has 174 valence electrons. The van der Waals surface area contributed by atoms with Crippen LogP contribution in [0, 0.1) is 12.8 Å². The summed E-state index contributed by atoms with van der Waals surface area (Å²) in [6.07, 6.45) is 6.21. The van der Waals surface area contributed by atoms with Gasteiger partial charge in [-0.3, -0.25) is 4.68 Å². The predicted octanol–water partition coefficient (Wildman–Crippen LogP) is 3.36. The second-order valence-corrected chi connectivity index (χ2v) is 10.6. The number of fused-ring (bicyclic) bond motifs is 2. The maximum Gasteiger partial charge on any atom is 0.184 e. The van der Waals surface area contributed by atoms with Crippen molar-refractivity contribution in [1.82, 2.24) is 29.6 Å². The number of rotatable bonds is 4. The summed E-state index contributed by atoms with van der Waals surface area (Å²) >= 11 is 0. The number of ether oxygens (including phenoxy) is 1. The topological polar surface area (TPSA) is 73.4 Å². The third kappa shape index (κ3) is 2.75. The molecule has 0 N–H and O–H groups in total. The molecule has 4 aromatic rings. The second kappa shape index (κ2) is 6.88. The van der Waals surface area contributed by atoms with E-state index < -0.39 is 5.60 Å². The third-order valence-corrected chi connectivity index (χ3v) is 8.32. The summed E-state index contributed by atoms with van der Waals surface area (Å²) in [5.74, 6) is 1.40. The molecule has 8 nitrogen and oxygen atoms in total. The van der Waals surface area contributed by atoms with Gasteiger partial charge in [-0.25, -0.2) is 9.50 Å². The van der Waals surface area contributed by atoms with Crippen LogP contribution < -0.4 is 4.90 Å². The Bertz CT molecular complexity index is 1390. The van der Waals surface area contributed by atoms with Crippen LogP contribution in [0.2, 0.25) is 0 Å². The van der Waals surface area contributed by atoms with Crippen molar-refractivity contribution in [3.63, 3.8) is 0 Å². The molecule has 2 bridgehead atoms. The molecule has 4 aliphatic rings. The van der Waals surface area contributed by atoms with E-state index in [0.717, 1.165) is 55.3 Å². The number of benzene rings is 1. The van der Waals surface area contributed by atoms with Gasteiger partial charge in [-0.15, -0.1) is 10.2 Å². The summed E-state index contributed by atoms with van der Waals surface area (Å²) in [5.41, 5.74) is 5.27. The molecule has 4 atom stereocenters. The molecule has 0 radical (unpaired) electrons. The number of hydrogen-bond donors (Lipinski definition) is 0. The fraction of sp³-hybridized carbons (Fsp3) is 0.462. The van der Waals surface area contributed by atoms with E-state index in [-0.39, 0.29) is 11.3 Å². The van der Waals surface area contributed by atoms with Gasteiger partial charge < -0.3 is 9.64 Å². The first-order valence-corrected chi connectivity index (χ1v) is 12.1. The zero-order valence-electron chi connectivity index (χ0n) is 19.8. The zero-order valence-corrected chi connectivity index (χ0v) is 19.8. The van der Waals surface area contributed by atoms with Crippen LogP contribution in [0.1, 0.15) is 48.3 Å². The summed E-state index contributed by atoms with van der Waals surface area (Å²) < 4.78 is 10.0. The molecular weight excluding hydrogens is 426 g/mol. The van der Waals surface area contributed by atoms with Gasteiger partial charge in [0.2, 0.25) is 0 Å². The minimum absolute atomic E-state index is 0.152. The van der Waals surface area contributed by atoms with Crippen LogP contribution in [0.3, 0.4) is 0 Å². The van der Waals surface area contributed by atoms with Gasteiger partial charge in [0, 0.05) is 37.7 Å². The molecule has 1 aliphatic carbocycles. The summed E-state index contributed by atoms with van der Waals surface area (Å²) in [4.78, 5) is 7.46. The highest BCUT2D eigenvalue weighted by atomic mass is 16.5. The number of aryl methyl sites for hydroxylation is 2. The minimum Gasteiger partial charge on any atom is -0.369 e. The van der Waals surface area contributed by atoms with E-state index in [9.17, 15) is 0 Å². The van der Waals surface area contributed by atoms with E-state index in [4.69, 9.17) is 14.8 Å². The smallest absolute Gasteiger partial charge is 0.184 e. The highest BCUT2D eigenvalue weighted by molar-refractivity contribution is 5.58. The van der Waals surface area contributed by atoms with Crippen LogP contribution in [-0.2, 0) is 22.8 Å². The fourth-order valence-electron chi connectivity index (χ4n) is 6.44. The average molecular weight is 456 g/mol. The maximum absolute atomic E-state index is 6.33. The lowest BCUT2D eigenvalue weighted by molar-refractivity contribution is -0.0332. The van der Waals surface area contributed by atoms with Crippen LogP contribution in [0.5, 0.6) is 0 Å². The van der Waals surface area contributed by atoms with Crippen LogP contribution in [-0.4, -0.2) is 49.3 Å². The van der Waals surface area contributed by atoms with Crippen molar-refractivity contribution in [3.8, 4) is 0 Å². The van der Waals surface area contributed by atoms with Crippen molar-refractivity contribution in [3.05, 3.63) is 71.4 Å². The molecule has 3 unspecified atom stereocenters. The van der Waals surface area contributed by atoms with Crippen LogP contribution in [0.25, 0.3) is 5.65 Å². The largest absolute Gasteiger partial charge is 0.369 e. The molecule has 3 aromatic heterocycles. The summed E-state index contributed by atoms with van der Waals surface area (Å²) in [5, 5.41) is 13.5. The number of hydrogen-bond acceptors (Lipinski definition) is 6. The van der Waals surface area contributed by atoms with Gasteiger partial charge in [0.05, 0.1) is 24.2 Å². The lowest BCUT2D eigenvalue weighted by Gasteiger charge is -2.41. The average Bonchev–Trinajstić information content (AvgIpc) is 3.62. The molecule has 0 spiro atoms. The lowest BCUT2D eigenvalue weighted by Crippen LogP contribution is -2.44. The number of nitrogens with zero attached hydrogens (tertiary/aromatic N) is 7. The number of anilines is 1. The van der Waals surface area contributed by atoms with Gasteiger partial charge in [0.1, 0.15) is 5.60 Å². The van der Waals surface area contributed by atoms with Crippen LogP contribution in [0.4, 0.5) is 5.69 Å². The lowest BCUT2D eigenvalue weighted by atomic mass is 9.62. The first-order valence-electron chi connectivity index (χ1n) is 12.1. The van der Waals surface area contributed by atoms with E-state index in [0.29, 0.717) is 5.92 Å². The van der Waals surface area contributed by atoms with Gasteiger partial charge in [-0.1, -0.05) is 42.5 Å². The minimum atomic E-state index is -0.487. The molecular formula is C26H29N7O. The van der Waals surface area contributed by atoms with Gasteiger partial charge in [0.15, 0.2) is 11.5 Å². The normalized spacial score (nSPS) is 30.3. The van der Waals surface area contributed by atoms with Crippen molar-refractivity contribution < 1.29 is 4.74 Å². The third-order valence-electron chi connectivity index (χ3n) is 8.32. The van der Waals surface area contributed by atoms with E-state index in [1.165, 1.54) is 11.3 Å². The molecule has 1 saturated carbocycles. The molecule has 8 heteroatoms.